The number of ketones is 2. The van der Waals surface area contributed by atoms with E-state index in [0.29, 0.717) is 65.8 Å². The molecule has 50 heavy (non-hydrogen) atoms. The monoisotopic (exact) mass is 719 g/mol. The molecule has 0 aliphatic rings. The van der Waals surface area contributed by atoms with Crippen LogP contribution in [0.3, 0.4) is 0 Å². The normalized spacial score (nSPS) is 11.5. The van der Waals surface area contributed by atoms with Gasteiger partial charge in [-0.1, -0.05) is 27.2 Å². The summed E-state index contributed by atoms with van der Waals surface area (Å²) in [5.41, 5.74) is -0.885. The van der Waals surface area contributed by atoms with Crippen molar-refractivity contribution in [2.45, 2.75) is 85.0 Å². The Morgan fingerprint density at radius 1 is 0.460 bits per heavy atom. The van der Waals surface area contributed by atoms with E-state index in [1.165, 1.54) is 0 Å². The van der Waals surface area contributed by atoms with Gasteiger partial charge in [0.25, 0.3) is 0 Å². The van der Waals surface area contributed by atoms with E-state index in [1.807, 2.05) is 27.8 Å². The molecule has 294 valence electrons. The predicted molar refractivity (Wildman–Crippen MR) is 191 cm³/mol. The standard InChI is InChI=1S/C36H69N3O11/c1-5-8-9-32(40)10-18-48-29-36(30-49-19-12-34(42)38-14-6-2,31-50-20-13-35(43)39-15-7-3)28-33(41)11-17-44-22-24-46-26-27-47-25-23-45-21-16-37-4/h37H,5-31H2,1-4H3,(H,38,42)(H,39,43). The van der Waals surface area contributed by atoms with Crippen molar-refractivity contribution >= 4 is 23.4 Å². The van der Waals surface area contributed by atoms with Gasteiger partial charge in [-0.15, -0.1) is 0 Å². The van der Waals surface area contributed by atoms with E-state index >= 15 is 0 Å². The molecule has 0 heterocycles. The summed E-state index contributed by atoms with van der Waals surface area (Å²) < 4.78 is 39.9. The van der Waals surface area contributed by atoms with Crippen molar-refractivity contribution in [3.05, 3.63) is 0 Å². The predicted octanol–water partition coefficient (Wildman–Crippen LogP) is 2.64. The largest absolute Gasteiger partial charge is 0.380 e. The minimum atomic E-state index is -0.885. The van der Waals surface area contributed by atoms with Crippen LogP contribution in [0.2, 0.25) is 0 Å². The Labute approximate surface area is 301 Å². The van der Waals surface area contributed by atoms with E-state index in [9.17, 15) is 19.2 Å². The lowest BCUT2D eigenvalue weighted by atomic mass is 9.84. The number of carbonyl (C=O) groups excluding carboxylic acids is 4. The summed E-state index contributed by atoms with van der Waals surface area (Å²) in [5.74, 6) is -0.142. The van der Waals surface area contributed by atoms with Gasteiger partial charge in [0.15, 0.2) is 0 Å². The minimum absolute atomic E-state index is 0.0625. The molecule has 14 heteroatoms. The third-order valence-corrected chi connectivity index (χ3v) is 7.36. The molecular formula is C36H69N3O11. The molecule has 0 aliphatic carbocycles. The molecule has 0 saturated heterocycles. The van der Waals surface area contributed by atoms with Crippen molar-refractivity contribution in [3.63, 3.8) is 0 Å². The van der Waals surface area contributed by atoms with Gasteiger partial charge in [-0.25, -0.2) is 0 Å². The maximum Gasteiger partial charge on any atom is 0.222 e. The van der Waals surface area contributed by atoms with E-state index in [0.717, 1.165) is 32.2 Å². The Morgan fingerprint density at radius 2 is 0.880 bits per heavy atom. The molecule has 0 aliphatic heterocycles. The lowest BCUT2D eigenvalue weighted by Crippen LogP contribution is -2.40. The van der Waals surface area contributed by atoms with Crippen LogP contribution in [0.1, 0.15) is 85.0 Å². The average molecular weight is 720 g/mol. The number of amides is 2. The quantitative estimate of drug-likeness (QED) is 0.0796. The highest BCUT2D eigenvalue weighted by Gasteiger charge is 2.34. The van der Waals surface area contributed by atoms with Crippen LogP contribution >= 0.6 is 0 Å². The molecule has 0 bridgehead atoms. The first-order valence-electron chi connectivity index (χ1n) is 18.6. The van der Waals surface area contributed by atoms with Crippen molar-refractivity contribution in [1.82, 2.24) is 16.0 Å². The Balaban J connectivity index is 5.04. The van der Waals surface area contributed by atoms with E-state index in [1.54, 1.807) is 0 Å². The molecule has 0 aromatic carbocycles. The highest BCUT2D eigenvalue weighted by molar-refractivity contribution is 5.79. The highest BCUT2D eigenvalue weighted by Crippen LogP contribution is 2.26. The molecule has 0 unspecified atom stereocenters. The molecule has 0 atom stereocenters. The van der Waals surface area contributed by atoms with Gasteiger partial charge in [0.2, 0.25) is 11.8 Å². The maximum absolute atomic E-state index is 13.3. The van der Waals surface area contributed by atoms with Crippen molar-refractivity contribution < 1.29 is 52.3 Å². The highest BCUT2D eigenvalue weighted by atomic mass is 16.6. The smallest absolute Gasteiger partial charge is 0.222 e. The van der Waals surface area contributed by atoms with Crippen LogP contribution in [0, 0.1) is 5.41 Å². The van der Waals surface area contributed by atoms with Gasteiger partial charge in [-0.3, -0.25) is 19.2 Å². The molecule has 0 spiro atoms. The molecule has 14 nitrogen and oxygen atoms in total. The van der Waals surface area contributed by atoms with E-state index < -0.39 is 5.41 Å². The average Bonchev–Trinajstić information content (AvgIpc) is 3.11. The molecule has 0 rings (SSSR count). The number of Topliss-reactive ketones (excluding diaryl/α,β-unsaturated/α-hetero) is 2. The molecule has 0 fully saturated rings. The van der Waals surface area contributed by atoms with Crippen molar-refractivity contribution in [1.29, 1.82) is 0 Å². The Hall–Kier alpha value is -2.04. The fourth-order valence-electron chi connectivity index (χ4n) is 4.49. The first-order chi connectivity index (χ1) is 24.3. The lowest BCUT2D eigenvalue weighted by molar-refractivity contribution is -0.133. The number of carbonyl (C=O) groups is 4. The van der Waals surface area contributed by atoms with Crippen LogP contribution in [0.4, 0.5) is 0 Å². The Morgan fingerprint density at radius 3 is 1.34 bits per heavy atom. The molecule has 2 amide bonds. The van der Waals surface area contributed by atoms with Crippen molar-refractivity contribution in [2.24, 2.45) is 5.41 Å². The number of hydrogen-bond acceptors (Lipinski definition) is 12. The molecule has 0 saturated carbocycles. The van der Waals surface area contributed by atoms with Crippen LogP contribution in [0.5, 0.6) is 0 Å². The topological polar surface area (TPSA) is 169 Å². The second-order valence-corrected chi connectivity index (χ2v) is 12.3. The fraction of sp³-hybridized carbons (Fsp3) is 0.889. The van der Waals surface area contributed by atoms with Gasteiger partial charge in [0.05, 0.1) is 92.5 Å². The molecule has 3 N–H and O–H groups in total. The Bertz CT molecular complexity index is 779. The van der Waals surface area contributed by atoms with Crippen LogP contribution in [-0.2, 0) is 52.3 Å². The van der Waals surface area contributed by atoms with Gasteiger partial charge in [0, 0.05) is 63.6 Å². The maximum atomic E-state index is 13.3. The van der Waals surface area contributed by atoms with Gasteiger partial charge < -0.3 is 49.1 Å². The van der Waals surface area contributed by atoms with E-state index in [4.69, 9.17) is 33.2 Å². The van der Waals surface area contributed by atoms with Crippen LogP contribution in [0.25, 0.3) is 0 Å². The van der Waals surface area contributed by atoms with Gasteiger partial charge in [0.1, 0.15) is 11.6 Å². The zero-order valence-corrected chi connectivity index (χ0v) is 31.6. The summed E-state index contributed by atoms with van der Waals surface area (Å²) in [5, 5.41) is 8.67. The minimum Gasteiger partial charge on any atom is -0.380 e. The third kappa shape index (κ3) is 30.8. The first-order valence-corrected chi connectivity index (χ1v) is 18.6. The Kier molecular flexibility index (Phi) is 33.9. The van der Waals surface area contributed by atoms with Gasteiger partial charge in [-0.2, -0.15) is 0 Å². The number of hydrogen-bond donors (Lipinski definition) is 3. The van der Waals surface area contributed by atoms with Crippen molar-refractivity contribution in [2.75, 3.05) is 119 Å². The summed E-state index contributed by atoms with van der Waals surface area (Å²) in [6, 6.07) is 0. The summed E-state index contributed by atoms with van der Waals surface area (Å²) in [6.07, 6.45) is 4.88. The summed E-state index contributed by atoms with van der Waals surface area (Å²) in [7, 11) is 1.87. The number of unbranched alkanes of at least 4 members (excludes halogenated alkanes) is 1. The van der Waals surface area contributed by atoms with Crippen LogP contribution < -0.4 is 16.0 Å². The molecule has 0 aromatic heterocycles. The second kappa shape index (κ2) is 35.4. The second-order valence-electron chi connectivity index (χ2n) is 12.3. The van der Waals surface area contributed by atoms with Crippen LogP contribution in [-0.4, -0.2) is 143 Å². The van der Waals surface area contributed by atoms with Gasteiger partial charge >= 0.3 is 0 Å². The van der Waals surface area contributed by atoms with Gasteiger partial charge in [-0.05, 0) is 26.3 Å². The number of nitrogens with one attached hydrogen (secondary N) is 3. The summed E-state index contributed by atoms with van der Waals surface area (Å²) in [6.45, 7) is 12.4. The zero-order valence-electron chi connectivity index (χ0n) is 31.6. The third-order valence-electron chi connectivity index (χ3n) is 7.36. The van der Waals surface area contributed by atoms with E-state index in [2.05, 4.69) is 16.0 Å². The SMILES string of the molecule is CCCCC(=O)CCOCC(COCCC(=O)NCCC)(COCCC(=O)NCCC)CC(=O)CCOCCOCCOCCOCCNC. The summed E-state index contributed by atoms with van der Waals surface area (Å²) in [4.78, 5) is 49.7. The number of ether oxygens (including phenoxy) is 7. The van der Waals surface area contributed by atoms with E-state index in [-0.39, 0.29) is 102 Å². The number of rotatable bonds is 39. The molecule has 0 aromatic rings. The lowest BCUT2D eigenvalue weighted by Gasteiger charge is -2.33. The molecular weight excluding hydrogens is 650 g/mol. The first kappa shape index (κ1) is 48.0. The summed E-state index contributed by atoms with van der Waals surface area (Å²) >= 11 is 0. The van der Waals surface area contributed by atoms with Crippen LogP contribution in [0.15, 0.2) is 0 Å². The zero-order chi connectivity index (χ0) is 37.0. The van der Waals surface area contributed by atoms with Crippen molar-refractivity contribution in [3.8, 4) is 0 Å². The number of likely N-dealkylation sites (N-methyl/N-ethyl adjacent to an activating group) is 1. The molecule has 0 radical (unpaired) electrons. The fourth-order valence-corrected chi connectivity index (χ4v) is 4.49.